The second-order valence-corrected chi connectivity index (χ2v) is 11.3. The van der Waals surface area contributed by atoms with Crippen LogP contribution in [0.4, 0.5) is 15.6 Å². The molecule has 2 aromatic heterocycles. The molecule has 1 saturated heterocycles. The molecule has 3 heterocycles. The van der Waals surface area contributed by atoms with Gasteiger partial charge in [0.15, 0.2) is 5.01 Å². The average molecular weight is 479 g/mol. The third kappa shape index (κ3) is 5.26. The largest absolute Gasteiger partial charge is 0.444 e. The van der Waals surface area contributed by atoms with Gasteiger partial charge in [-0.1, -0.05) is 22.9 Å². The topological polar surface area (TPSA) is 92.3 Å². The predicted octanol–water partition coefficient (Wildman–Crippen LogP) is 4.81. The summed E-state index contributed by atoms with van der Waals surface area (Å²) in [6.45, 7) is 11.5. The number of alkyl carbamates (subject to hydrolysis) is 1. The lowest BCUT2D eigenvalue weighted by Crippen LogP contribution is -2.53. The fourth-order valence-electron chi connectivity index (χ4n) is 4.54. The fourth-order valence-corrected chi connectivity index (χ4v) is 5.59. The molecule has 2 bridgehead atoms. The van der Waals surface area contributed by atoms with Crippen molar-refractivity contribution in [2.24, 2.45) is 11.8 Å². The second kappa shape index (κ2) is 9.02. The lowest BCUT2D eigenvalue weighted by Gasteiger charge is -2.38. The second-order valence-electron chi connectivity index (χ2n) is 9.92. The van der Waals surface area contributed by atoms with E-state index in [9.17, 15) is 4.79 Å². The summed E-state index contributed by atoms with van der Waals surface area (Å²) in [6.07, 6.45) is 3.61. The van der Waals surface area contributed by atoms with Crippen LogP contribution in [0.15, 0.2) is 12.3 Å². The molecule has 2 N–H and O–H groups in total. The third-order valence-corrected chi connectivity index (χ3v) is 6.97. The number of fused-ring (bicyclic) bond motifs is 2. The molecular weight excluding hydrogens is 448 g/mol. The first-order valence-electron chi connectivity index (χ1n) is 11.1. The van der Waals surface area contributed by atoms with E-state index in [1.165, 1.54) is 0 Å². The summed E-state index contributed by atoms with van der Waals surface area (Å²) in [4.78, 5) is 18.8. The van der Waals surface area contributed by atoms with Crippen LogP contribution in [0.1, 0.15) is 47.5 Å². The molecule has 2 aromatic rings. The molecule has 4 rings (SSSR count). The Morgan fingerprint density at radius 3 is 2.56 bits per heavy atom. The van der Waals surface area contributed by atoms with Gasteiger partial charge in [0.25, 0.3) is 0 Å². The van der Waals surface area contributed by atoms with Crippen LogP contribution < -0.4 is 15.5 Å². The number of amides is 1. The number of carbonyl (C=O) groups excluding carboxylic acids is 1. The smallest absolute Gasteiger partial charge is 0.407 e. The molecule has 0 unspecified atom stereocenters. The van der Waals surface area contributed by atoms with Crippen molar-refractivity contribution in [3.63, 3.8) is 0 Å². The van der Waals surface area contributed by atoms with Gasteiger partial charge in [-0.05, 0) is 65.4 Å². The Kier molecular flexibility index (Phi) is 6.49. The zero-order chi connectivity index (χ0) is 23.0. The van der Waals surface area contributed by atoms with E-state index in [1.54, 1.807) is 17.5 Å². The molecule has 2 aliphatic rings. The number of rotatable bonds is 5. The van der Waals surface area contributed by atoms with Gasteiger partial charge in [-0.2, -0.15) is 0 Å². The molecule has 0 radical (unpaired) electrons. The molecule has 8 nitrogen and oxygen atoms in total. The number of nitrogens with zero attached hydrogens (tertiary/aromatic N) is 4. The fraction of sp³-hybridized carbons (Fsp3) is 0.636. The van der Waals surface area contributed by atoms with Crippen LogP contribution in [0.3, 0.4) is 0 Å². The summed E-state index contributed by atoms with van der Waals surface area (Å²) in [6, 6.07) is 2.23. The van der Waals surface area contributed by atoms with E-state index in [0.29, 0.717) is 17.0 Å². The number of anilines is 2. The van der Waals surface area contributed by atoms with Crippen LogP contribution >= 0.6 is 22.9 Å². The van der Waals surface area contributed by atoms with Crippen molar-refractivity contribution in [2.45, 2.75) is 65.1 Å². The Labute approximate surface area is 198 Å². The summed E-state index contributed by atoms with van der Waals surface area (Å²) >= 11 is 7.67. The van der Waals surface area contributed by atoms with Crippen molar-refractivity contribution in [1.29, 1.82) is 0 Å². The minimum absolute atomic E-state index is 0.149. The van der Waals surface area contributed by atoms with Gasteiger partial charge in [0.2, 0.25) is 5.13 Å². The standard InChI is InChI=1S/C22H31ClN6O2S/c1-12(2)25-16-8-17(23)24-9-15(16)19-27-28-20(32-19)29-10-13-6-7-14(11-29)18(13)26-21(30)31-22(3,4)5/h8-9,12-14,18H,6-7,10-11H2,1-5H3,(H,24,25)(H,26,30)/t13-,14+,18-. The van der Waals surface area contributed by atoms with E-state index in [-0.39, 0.29) is 18.2 Å². The third-order valence-electron chi connectivity index (χ3n) is 5.75. The number of ether oxygens (including phenoxy) is 1. The minimum atomic E-state index is -0.493. The number of piperidine rings is 1. The molecule has 10 heteroatoms. The van der Waals surface area contributed by atoms with Crippen molar-refractivity contribution in [1.82, 2.24) is 20.5 Å². The predicted molar refractivity (Wildman–Crippen MR) is 128 cm³/mol. The maximum Gasteiger partial charge on any atom is 0.407 e. The van der Waals surface area contributed by atoms with Crippen molar-refractivity contribution in [2.75, 3.05) is 23.3 Å². The van der Waals surface area contributed by atoms with E-state index in [2.05, 4.69) is 44.6 Å². The first-order valence-corrected chi connectivity index (χ1v) is 12.3. The normalized spacial score (nSPS) is 22.8. The molecule has 0 spiro atoms. The highest BCUT2D eigenvalue weighted by atomic mass is 35.5. The number of hydrogen-bond donors (Lipinski definition) is 2. The Balaban J connectivity index is 1.46. The van der Waals surface area contributed by atoms with Crippen molar-refractivity contribution in [3.8, 4) is 10.6 Å². The highest BCUT2D eigenvalue weighted by molar-refractivity contribution is 7.18. The molecule has 2 fully saturated rings. The van der Waals surface area contributed by atoms with Gasteiger partial charge in [0.1, 0.15) is 10.8 Å². The summed E-state index contributed by atoms with van der Waals surface area (Å²) in [5, 5.41) is 17.6. The molecule has 3 atom stereocenters. The molecule has 32 heavy (non-hydrogen) atoms. The number of halogens is 1. The van der Waals surface area contributed by atoms with Gasteiger partial charge in [0, 0.05) is 37.1 Å². The lowest BCUT2D eigenvalue weighted by atomic mass is 9.92. The molecule has 0 aromatic carbocycles. The van der Waals surface area contributed by atoms with Gasteiger partial charge >= 0.3 is 6.09 Å². The Morgan fingerprint density at radius 1 is 1.25 bits per heavy atom. The van der Waals surface area contributed by atoms with Gasteiger partial charge < -0.3 is 20.3 Å². The monoisotopic (exact) mass is 478 g/mol. The van der Waals surface area contributed by atoms with Gasteiger partial charge in [0.05, 0.1) is 5.56 Å². The van der Waals surface area contributed by atoms with Gasteiger partial charge in [-0.15, -0.1) is 10.2 Å². The molecular formula is C22H31ClN6O2S. The molecule has 1 amide bonds. The number of nitrogens with one attached hydrogen (secondary N) is 2. The van der Waals surface area contributed by atoms with Crippen LogP contribution in [-0.4, -0.2) is 52.0 Å². The summed E-state index contributed by atoms with van der Waals surface area (Å²) < 4.78 is 5.47. The maximum atomic E-state index is 12.3. The quantitative estimate of drug-likeness (QED) is 0.595. The Bertz CT molecular complexity index is 962. The lowest BCUT2D eigenvalue weighted by molar-refractivity contribution is 0.0472. The zero-order valence-corrected chi connectivity index (χ0v) is 20.8. The Hall–Kier alpha value is -2.13. The minimum Gasteiger partial charge on any atom is -0.444 e. The van der Waals surface area contributed by atoms with Crippen LogP contribution in [0.25, 0.3) is 10.6 Å². The van der Waals surface area contributed by atoms with Gasteiger partial charge in [-0.3, -0.25) is 0 Å². The van der Waals surface area contributed by atoms with E-state index >= 15 is 0 Å². The van der Waals surface area contributed by atoms with Crippen LogP contribution in [0.2, 0.25) is 5.15 Å². The van der Waals surface area contributed by atoms with E-state index < -0.39 is 5.60 Å². The average Bonchev–Trinajstić information content (AvgIpc) is 3.22. The maximum absolute atomic E-state index is 12.3. The van der Waals surface area contributed by atoms with Crippen molar-refractivity contribution in [3.05, 3.63) is 17.4 Å². The van der Waals surface area contributed by atoms with Crippen LogP contribution in [-0.2, 0) is 4.74 Å². The number of aromatic nitrogens is 3. The molecule has 1 aliphatic heterocycles. The first-order chi connectivity index (χ1) is 15.1. The summed E-state index contributed by atoms with van der Waals surface area (Å²) in [7, 11) is 0. The van der Waals surface area contributed by atoms with Crippen molar-refractivity contribution < 1.29 is 9.53 Å². The molecule has 174 valence electrons. The number of hydrogen-bond acceptors (Lipinski definition) is 8. The van der Waals surface area contributed by atoms with Gasteiger partial charge in [-0.25, -0.2) is 9.78 Å². The highest BCUT2D eigenvalue weighted by Gasteiger charge is 2.44. The molecule has 1 saturated carbocycles. The SMILES string of the molecule is CC(C)Nc1cc(Cl)ncc1-c1nnc(N2C[C@H]3CC[C@@H](C2)[C@@H]3NC(=O)OC(C)(C)C)s1. The van der Waals surface area contributed by atoms with E-state index in [0.717, 1.165) is 47.3 Å². The first kappa shape index (κ1) is 23.0. The molecule has 1 aliphatic carbocycles. The highest BCUT2D eigenvalue weighted by Crippen LogP contribution is 2.41. The number of pyridine rings is 1. The van der Waals surface area contributed by atoms with Crippen molar-refractivity contribution >= 4 is 39.8 Å². The number of carbonyl (C=O) groups is 1. The van der Waals surface area contributed by atoms with Crippen LogP contribution in [0.5, 0.6) is 0 Å². The zero-order valence-electron chi connectivity index (χ0n) is 19.2. The summed E-state index contributed by atoms with van der Waals surface area (Å²) in [5.74, 6) is 0.757. The summed E-state index contributed by atoms with van der Waals surface area (Å²) in [5.41, 5.74) is 1.31. The Morgan fingerprint density at radius 2 is 1.94 bits per heavy atom. The van der Waals surface area contributed by atoms with E-state index in [4.69, 9.17) is 16.3 Å². The van der Waals surface area contributed by atoms with Crippen LogP contribution in [0, 0.1) is 11.8 Å². The van der Waals surface area contributed by atoms with E-state index in [1.807, 2.05) is 26.8 Å².